The lowest BCUT2D eigenvalue weighted by Gasteiger charge is -2.34. The molecular formula is C22H26ClN5O3S. The number of halogens is 1. The molecule has 2 amide bonds. The highest BCUT2D eigenvalue weighted by molar-refractivity contribution is 7.22. The van der Waals surface area contributed by atoms with E-state index >= 15 is 0 Å². The molecule has 1 saturated heterocycles. The van der Waals surface area contributed by atoms with Crippen molar-refractivity contribution < 1.29 is 14.7 Å². The summed E-state index contributed by atoms with van der Waals surface area (Å²) < 4.78 is 2.34. The van der Waals surface area contributed by atoms with E-state index in [4.69, 9.17) is 11.6 Å². The molecular weight excluding hydrogens is 450 g/mol. The number of aliphatic hydroxyl groups is 1. The number of aromatic nitrogens is 3. The number of amides is 2. The summed E-state index contributed by atoms with van der Waals surface area (Å²) in [6.45, 7) is 6.46. The number of piperidine rings is 1. The Morgan fingerprint density at radius 1 is 1.31 bits per heavy atom. The standard InChI is InChI=1S/C22H26ClN5O3S/c1-22(2,3)28-18-17(16(26-28)20(31)27-10-5-4-9-15(27)12-29)32-21(24-18)25-19(30)13-7-6-8-14(23)11-13/h6-8,11,15,29H,4-5,9-10,12H2,1-3H3,(H,24,25,30). The van der Waals surface area contributed by atoms with Gasteiger partial charge in [0.2, 0.25) is 0 Å². The van der Waals surface area contributed by atoms with E-state index in [2.05, 4.69) is 15.4 Å². The molecule has 0 radical (unpaired) electrons. The lowest BCUT2D eigenvalue weighted by atomic mass is 10.0. The van der Waals surface area contributed by atoms with Crippen molar-refractivity contribution in [3.63, 3.8) is 0 Å². The van der Waals surface area contributed by atoms with Crippen molar-refractivity contribution in [2.24, 2.45) is 0 Å². The average Bonchev–Trinajstić information content (AvgIpc) is 3.31. The number of carbonyl (C=O) groups excluding carboxylic acids is 2. The summed E-state index contributed by atoms with van der Waals surface area (Å²) in [4.78, 5) is 32.4. The fourth-order valence-corrected chi connectivity index (χ4v) is 4.96. The van der Waals surface area contributed by atoms with Gasteiger partial charge in [-0.15, -0.1) is 0 Å². The maximum Gasteiger partial charge on any atom is 0.276 e. The van der Waals surface area contributed by atoms with Gasteiger partial charge in [0.05, 0.1) is 18.2 Å². The average molecular weight is 476 g/mol. The van der Waals surface area contributed by atoms with Crippen molar-refractivity contribution in [1.82, 2.24) is 19.7 Å². The molecule has 170 valence electrons. The molecule has 1 atom stereocenters. The van der Waals surface area contributed by atoms with Gasteiger partial charge in [-0.3, -0.25) is 14.9 Å². The van der Waals surface area contributed by atoms with Gasteiger partial charge in [-0.25, -0.2) is 4.68 Å². The van der Waals surface area contributed by atoms with Gasteiger partial charge in [-0.1, -0.05) is 29.0 Å². The number of aliphatic hydroxyl groups excluding tert-OH is 1. The van der Waals surface area contributed by atoms with Crippen LogP contribution in [-0.4, -0.2) is 55.8 Å². The molecule has 1 aliphatic heterocycles. The van der Waals surface area contributed by atoms with Gasteiger partial charge in [0, 0.05) is 17.1 Å². The Bertz CT molecular complexity index is 1170. The topological polar surface area (TPSA) is 100 Å². The fourth-order valence-electron chi connectivity index (χ4n) is 3.86. The minimum Gasteiger partial charge on any atom is -0.394 e. The predicted octanol–water partition coefficient (Wildman–Crippen LogP) is 4.14. The van der Waals surface area contributed by atoms with Gasteiger partial charge in [-0.2, -0.15) is 10.1 Å². The molecule has 0 aliphatic carbocycles. The van der Waals surface area contributed by atoms with Crippen molar-refractivity contribution >= 4 is 50.2 Å². The maximum atomic E-state index is 13.4. The number of thiazole rings is 1. The lowest BCUT2D eigenvalue weighted by molar-refractivity contribution is 0.0497. The first-order chi connectivity index (χ1) is 15.2. The van der Waals surface area contributed by atoms with Crippen molar-refractivity contribution in [3.8, 4) is 0 Å². The zero-order chi connectivity index (χ0) is 23.0. The third kappa shape index (κ3) is 4.37. The number of nitrogens with one attached hydrogen (secondary N) is 1. The molecule has 4 rings (SSSR count). The van der Waals surface area contributed by atoms with E-state index < -0.39 is 5.54 Å². The molecule has 2 N–H and O–H groups in total. The molecule has 0 spiro atoms. The monoisotopic (exact) mass is 475 g/mol. The van der Waals surface area contributed by atoms with E-state index in [1.54, 1.807) is 33.8 Å². The normalized spacial score (nSPS) is 17.0. The van der Waals surface area contributed by atoms with Gasteiger partial charge in [-0.05, 0) is 58.2 Å². The highest BCUT2D eigenvalue weighted by atomic mass is 35.5. The molecule has 8 nitrogen and oxygen atoms in total. The summed E-state index contributed by atoms with van der Waals surface area (Å²) in [5.74, 6) is -0.545. The smallest absolute Gasteiger partial charge is 0.276 e. The minimum absolute atomic E-state index is 0.0709. The van der Waals surface area contributed by atoms with Crippen LogP contribution in [0.3, 0.4) is 0 Å². The van der Waals surface area contributed by atoms with E-state index in [0.29, 0.717) is 38.3 Å². The lowest BCUT2D eigenvalue weighted by Crippen LogP contribution is -2.45. The van der Waals surface area contributed by atoms with Crippen LogP contribution in [0.15, 0.2) is 24.3 Å². The summed E-state index contributed by atoms with van der Waals surface area (Å²) in [5, 5.41) is 18.0. The van der Waals surface area contributed by atoms with Crippen LogP contribution in [0.25, 0.3) is 10.3 Å². The van der Waals surface area contributed by atoms with E-state index in [0.717, 1.165) is 19.3 Å². The highest BCUT2D eigenvalue weighted by Gasteiger charge is 2.33. The van der Waals surface area contributed by atoms with Crippen LogP contribution in [0.5, 0.6) is 0 Å². The minimum atomic E-state index is -0.419. The fraction of sp³-hybridized carbons (Fsp3) is 0.455. The first kappa shape index (κ1) is 22.7. The summed E-state index contributed by atoms with van der Waals surface area (Å²) in [5.41, 5.74) is 0.850. The van der Waals surface area contributed by atoms with Gasteiger partial charge in [0.25, 0.3) is 11.8 Å². The number of fused-ring (bicyclic) bond motifs is 1. The van der Waals surface area contributed by atoms with Crippen LogP contribution in [0.4, 0.5) is 5.13 Å². The molecule has 32 heavy (non-hydrogen) atoms. The number of likely N-dealkylation sites (tertiary alicyclic amines) is 1. The van der Waals surface area contributed by atoms with Crippen LogP contribution in [0, 0.1) is 0 Å². The van der Waals surface area contributed by atoms with Gasteiger partial charge in [0.1, 0.15) is 4.70 Å². The van der Waals surface area contributed by atoms with Crippen LogP contribution in [-0.2, 0) is 5.54 Å². The highest BCUT2D eigenvalue weighted by Crippen LogP contribution is 2.34. The van der Waals surface area contributed by atoms with E-state index in [1.807, 2.05) is 20.8 Å². The number of benzene rings is 1. The molecule has 1 fully saturated rings. The Morgan fingerprint density at radius 2 is 2.09 bits per heavy atom. The molecule has 10 heteroatoms. The summed E-state index contributed by atoms with van der Waals surface area (Å²) in [6, 6.07) is 6.46. The van der Waals surface area contributed by atoms with E-state index in [-0.39, 0.29) is 24.5 Å². The molecule has 3 heterocycles. The van der Waals surface area contributed by atoms with Crippen LogP contribution >= 0.6 is 22.9 Å². The largest absolute Gasteiger partial charge is 0.394 e. The van der Waals surface area contributed by atoms with Gasteiger partial charge < -0.3 is 10.0 Å². The Hall–Kier alpha value is -2.49. The second kappa shape index (κ2) is 8.80. The first-order valence-electron chi connectivity index (χ1n) is 10.6. The van der Waals surface area contributed by atoms with Crippen molar-refractivity contribution in [2.45, 2.75) is 51.6 Å². The Balaban J connectivity index is 1.71. The number of anilines is 1. The van der Waals surface area contributed by atoms with Crippen molar-refractivity contribution in [2.75, 3.05) is 18.5 Å². The van der Waals surface area contributed by atoms with Crippen molar-refractivity contribution in [1.29, 1.82) is 0 Å². The number of carbonyl (C=O) groups is 2. The number of rotatable bonds is 4. The number of hydrogen-bond acceptors (Lipinski definition) is 6. The van der Waals surface area contributed by atoms with Gasteiger partial charge in [0.15, 0.2) is 16.5 Å². The van der Waals surface area contributed by atoms with E-state index in [9.17, 15) is 14.7 Å². The molecule has 1 aliphatic rings. The first-order valence-corrected chi connectivity index (χ1v) is 11.8. The quantitative estimate of drug-likeness (QED) is 0.590. The molecule has 0 saturated carbocycles. The Morgan fingerprint density at radius 3 is 2.78 bits per heavy atom. The summed E-state index contributed by atoms with van der Waals surface area (Å²) in [6.07, 6.45) is 2.66. The second-order valence-corrected chi connectivity index (χ2v) is 10.3. The van der Waals surface area contributed by atoms with Crippen LogP contribution in [0.1, 0.15) is 60.9 Å². The number of hydrogen-bond donors (Lipinski definition) is 2. The third-order valence-corrected chi connectivity index (χ3v) is 6.67. The Kier molecular flexibility index (Phi) is 6.24. The second-order valence-electron chi connectivity index (χ2n) is 8.90. The Labute approximate surface area is 195 Å². The van der Waals surface area contributed by atoms with Crippen molar-refractivity contribution in [3.05, 3.63) is 40.5 Å². The predicted molar refractivity (Wildman–Crippen MR) is 126 cm³/mol. The maximum absolute atomic E-state index is 13.4. The molecule has 3 aromatic rings. The molecule has 0 bridgehead atoms. The summed E-state index contributed by atoms with van der Waals surface area (Å²) in [7, 11) is 0. The van der Waals surface area contributed by atoms with Crippen LogP contribution < -0.4 is 5.32 Å². The van der Waals surface area contributed by atoms with E-state index in [1.165, 1.54) is 11.3 Å². The van der Waals surface area contributed by atoms with Crippen LogP contribution in [0.2, 0.25) is 5.02 Å². The molecule has 1 aromatic carbocycles. The molecule has 2 aromatic heterocycles. The zero-order valence-corrected chi connectivity index (χ0v) is 19.8. The SMILES string of the molecule is CC(C)(C)n1nc(C(=O)N2CCCCC2CO)c2sc(NC(=O)c3cccc(Cl)c3)nc21. The number of nitrogens with zero attached hydrogens (tertiary/aromatic N) is 4. The third-order valence-electron chi connectivity index (χ3n) is 5.47. The zero-order valence-electron chi connectivity index (χ0n) is 18.3. The van der Waals surface area contributed by atoms with Gasteiger partial charge >= 0.3 is 0 Å². The summed E-state index contributed by atoms with van der Waals surface area (Å²) >= 11 is 7.22. The molecule has 1 unspecified atom stereocenters.